The summed E-state index contributed by atoms with van der Waals surface area (Å²) in [4.78, 5) is 9.21. The van der Waals surface area contributed by atoms with E-state index in [2.05, 4.69) is 34.2 Å². The Balaban J connectivity index is 2.00. The van der Waals surface area contributed by atoms with Crippen molar-refractivity contribution in [2.45, 2.75) is 19.5 Å². The molecule has 2 heterocycles. The molecule has 0 saturated carbocycles. The lowest BCUT2D eigenvalue weighted by Gasteiger charge is -2.38. The van der Waals surface area contributed by atoms with Crippen LogP contribution in [0.4, 0.5) is 5.69 Å². The molecule has 0 aromatic carbocycles. The minimum Gasteiger partial charge on any atom is -0.324 e. The molecule has 1 aliphatic heterocycles. The maximum atomic E-state index is 5.40. The van der Waals surface area contributed by atoms with Gasteiger partial charge in [-0.15, -0.1) is 0 Å². The number of hydrogen-bond donors (Lipinski definition) is 2. The summed E-state index contributed by atoms with van der Waals surface area (Å²) >= 11 is 0. The van der Waals surface area contributed by atoms with Crippen LogP contribution in [-0.4, -0.2) is 47.5 Å². The second-order valence-corrected chi connectivity index (χ2v) is 4.76. The zero-order valence-corrected chi connectivity index (χ0v) is 10.6. The lowest BCUT2D eigenvalue weighted by molar-refractivity contribution is 0.0927. The summed E-state index contributed by atoms with van der Waals surface area (Å²) in [6, 6.07) is 4.45. The average molecular weight is 235 g/mol. The number of piperazine rings is 1. The fourth-order valence-electron chi connectivity index (χ4n) is 2.27. The van der Waals surface area contributed by atoms with Crippen LogP contribution in [0.3, 0.4) is 0 Å². The third-order valence-electron chi connectivity index (χ3n) is 3.32. The summed E-state index contributed by atoms with van der Waals surface area (Å²) in [6.45, 7) is 6.50. The van der Waals surface area contributed by atoms with Gasteiger partial charge < -0.3 is 10.3 Å². The van der Waals surface area contributed by atoms with Gasteiger partial charge in [0.15, 0.2) is 0 Å². The maximum Gasteiger partial charge on any atom is 0.0565 e. The first-order valence-electron chi connectivity index (χ1n) is 6.03. The molecule has 94 valence electrons. The number of likely N-dealkylation sites (N-methyl/N-ethyl adjacent to an activating group) is 1. The van der Waals surface area contributed by atoms with Crippen molar-refractivity contribution in [3.63, 3.8) is 0 Å². The van der Waals surface area contributed by atoms with Crippen LogP contribution in [0.15, 0.2) is 18.3 Å². The molecular weight excluding hydrogens is 214 g/mol. The number of hydrogen-bond acceptors (Lipinski definition) is 5. The predicted molar refractivity (Wildman–Crippen MR) is 69.4 cm³/mol. The summed E-state index contributed by atoms with van der Waals surface area (Å²) in [7, 11) is 2.17. The van der Waals surface area contributed by atoms with Gasteiger partial charge in [-0.25, -0.2) is 0 Å². The van der Waals surface area contributed by atoms with Crippen LogP contribution in [0.5, 0.6) is 0 Å². The first-order chi connectivity index (χ1) is 8.19. The molecule has 1 atom stereocenters. The molecule has 0 amide bonds. The molecule has 0 radical (unpaired) electrons. The molecule has 2 rings (SSSR count). The summed E-state index contributed by atoms with van der Waals surface area (Å²) in [5.41, 5.74) is 4.64. The SMILES string of the molecule is CC1CN(C)CCN1Cc1cc(NN)ccn1. The lowest BCUT2D eigenvalue weighted by atomic mass is 10.2. The Kier molecular flexibility index (Phi) is 3.93. The van der Waals surface area contributed by atoms with Gasteiger partial charge >= 0.3 is 0 Å². The van der Waals surface area contributed by atoms with E-state index in [4.69, 9.17) is 5.84 Å². The largest absolute Gasteiger partial charge is 0.324 e. The summed E-state index contributed by atoms with van der Waals surface area (Å²) in [5.74, 6) is 5.40. The molecular formula is C12H21N5. The lowest BCUT2D eigenvalue weighted by Crippen LogP contribution is -2.49. The van der Waals surface area contributed by atoms with E-state index in [1.165, 1.54) is 0 Å². The number of nitrogens with zero attached hydrogens (tertiary/aromatic N) is 3. The highest BCUT2D eigenvalue weighted by atomic mass is 15.3. The van der Waals surface area contributed by atoms with Crippen LogP contribution in [0.2, 0.25) is 0 Å². The number of nitrogens with two attached hydrogens (primary N) is 1. The normalized spacial score (nSPS) is 22.6. The molecule has 5 nitrogen and oxygen atoms in total. The Labute approximate surface area is 103 Å². The summed E-state index contributed by atoms with van der Waals surface area (Å²) < 4.78 is 0. The van der Waals surface area contributed by atoms with Crippen molar-refractivity contribution in [3.8, 4) is 0 Å². The fraction of sp³-hybridized carbons (Fsp3) is 0.583. The van der Waals surface area contributed by atoms with Crippen LogP contribution >= 0.6 is 0 Å². The van der Waals surface area contributed by atoms with E-state index in [9.17, 15) is 0 Å². The number of pyridine rings is 1. The van der Waals surface area contributed by atoms with Gasteiger partial charge in [0.05, 0.1) is 11.4 Å². The van der Waals surface area contributed by atoms with E-state index in [0.29, 0.717) is 6.04 Å². The Morgan fingerprint density at radius 1 is 1.53 bits per heavy atom. The number of hydrazine groups is 1. The van der Waals surface area contributed by atoms with Crippen molar-refractivity contribution in [1.82, 2.24) is 14.8 Å². The highest BCUT2D eigenvalue weighted by Crippen LogP contribution is 2.13. The van der Waals surface area contributed by atoms with E-state index < -0.39 is 0 Å². The van der Waals surface area contributed by atoms with E-state index in [1.54, 1.807) is 6.20 Å². The first-order valence-corrected chi connectivity index (χ1v) is 6.03. The van der Waals surface area contributed by atoms with Gasteiger partial charge in [0, 0.05) is 38.4 Å². The number of anilines is 1. The number of rotatable bonds is 3. The standard InChI is InChI=1S/C12H21N5/c1-10-8-16(2)5-6-17(10)9-12-7-11(15-13)3-4-14-12/h3-4,7,10H,5-6,8-9,13H2,1-2H3,(H,14,15). The van der Waals surface area contributed by atoms with Crippen molar-refractivity contribution in [3.05, 3.63) is 24.0 Å². The molecule has 5 heteroatoms. The van der Waals surface area contributed by atoms with Gasteiger partial charge in [-0.05, 0) is 26.1 Å². The Hall–Kier alpha value is -1.17. The van der Waals surface area contributed by atoms with Crippen molar-refractivity contribution >= 4 is 5.69 Å². The molecule has 0 spiro atoms. The Morgan fingerprint density at radius 2 is 2.35 bits per heavy atom. The van der Waals surface area contributed by atoms with Gasteiger partial charge in [0.25, 0.3) is 0 Å². The average Bonchev–Trinajstić information content (AvgIpc) is 2.33. The fourth-order valence-corrected chi connectivity index (χ4v) is 2.27. The summed E-state index contributed by atoms with van der Waals surface area (Å²) in [5, 5.41) is 0. The van der Waals surface area contributed by atoms with Crippen LogP contribution < -0.4 is 11.3 Å². The van der Waals surface area contributed by atoms with E-state index in [0.717, 1.165) is 37.6 Å². The van der Waals surface area contributed by atoms with Crippen molar-refractivity contribution in [2.75, 3.05) is 32.1 Å². The molecule has 1 unspecified atom stereocenters. The molecule has 0 bridgehead atoms. The van der Waals surface area contributed by atoms with Crippen LogP contribution in [0, 0.1) is 0 Å². The number of aromatic nitrogens is 1. The second-order valence-electron chi connectivity index (χ2n) is 4.76. The molecule has 1 fully saturated rings. The van der Waals surface area contributed by atoms with E-state index in [1.807, 2.05) is 12.1 Å². The highest BCUT2D eigenvalue weighted by molar-refractivity contribution is 5.41. The molecule has 1 aromatic rings. The van der Waals surface area contributed by atoms with Gasteiger partial charge in [0.1, 0.15) is 0 Å². The molecule has 0 aliphatic carbocycles. The molecule has 1 aromatic heterocycles. The third kappa shape index (κ3) is 3.15. The third-order valence-corrected chi connectivity index (χ3v) is 3.32. The molecule has 1 aliphatic rings. The predicted octanol–water partition coefficient (Wildman–Crippen LogP) is 0.503. The molecule has 17 heavy (non-hydrogen) atoms. The number of nitrogen functional groups attached to an aromatic ring is 1. The second kappa shape index (κ2) is 5.44. The molecule has 1 saturated heterocycles. The van der Waals surface area contributed by atoms with Crippen LogP contribution in [0.25, 0.3) is 0 Å². The summed E-state index contributed by atoms with van der Waals surface area (Å²) in [6.07, 6.45) is 1.80. The first kappa shape index (κ1) is 12.3. The molecule has 3 N–H and O–H groups in total. The maximum absolute atomic E-state index is 5.40. The van der Waals surface area contributed by atoms with Gasteiger partial charge in [-0.1, -0.05) is 0 Å². The zero-order chi connectivity index (χ0) is 12.3. The smallest absolute Gasteiger partial charge is 0.0565 e. The Bertz CT molecular complexity index is 368. The minimum absolute atomic E-state index is 0.574. The van der Waals surface area contributed by atoms with Crippen LogP contribution in [-0.2, 0) is 6.54 Å². The zero-order valence-electron chi connectivity index (χ0n) is 10.6. The highest BCUT2D eigenvalue weighted by Gasteiger charge is 2.21. The van der Waals surface area contributed by atoms with Gasteiger partial charge in [-0.2, -0.15) is 0 Å². The van der Waals surface area contributed by atoms with Gasteiger partial charge in [-0.3, -0.25) is 15.7 Å². The quantitative estimate of drug-likeness (QED) is 0.590. The van der Waals surface area contributed by atoms with Crippen molar-refractivity contribution in [2.24, 2.45) is 5.84 Å². The van der Waals surface area contributed by atoms with E-state index >= 15 is 0 Å². The van der Waals surface area contributed by atoms with E-state index in [-0.39, 0.29) is 0 Å². The minimum atomic E-state index is 0.574. The topological polar surface area (TPSA) is 57.4 Å². The van der Waals surface area contributed by atoms with Crippen molar-refractivity contribution < 1.29 is 0 Å². The van der Waals surface area contributed by atoms with Crippen molar-refractivity contribution in [1.29, 1.82) is 0 Å². The Morgan fingerprint density at radius 3 is 3.06 bits per heavy atom. The number of nitrogens with one attached hydrogen (secondary N) is 1. The van der Waals surface area contributed by atoms with Crippen LogP contribution in [0.1, 0.15) is 12.6 Å². The monoisotopic (exact) mass is 235 g/mol. The van der Waals surface area contributed by atoms with Gasteiger partial charge in [0.2, 0.25) is 0 Å².